The summed E-state index contributed by atoms with van der Waals surface area (Å²) in [6, 6.07) is 4.38. The van der Waals surface area contributed by atoms with Crippen molar-refractivity contribution in [3.63, 3.8) is 0 Å². The fourth-order valence-corrected chi connectivity index (χ4v) is 1.16. The van der Waals surface area contributed by atoms with Gasteiger partial charge < -0.3 is 15.2 Å². The molecule has 4 nitrogen and oxygen atoms in total. The molecule has 0 aliphatic heterocycles. The van der Waals surface area contributed by atoms with E-state index >= 15 is 0 Å². The van der Waals surface area contributed by atoms with Crippen molar-refractivity contribution in [2.24, 2.45) is 0 Å². The van der Waals surface area contributed by atoms with Gasteiger partial charge in [-0.25, -0.2) is 4.79 Å². The van der Waals surface area contributed by atoms with Crippen LogP contribution in [0, 0.1) is 6.92 Å². The first-order chi connectivity index (χ1) is 6.04. The van der Waals surface area contributed by atoms with Crippen LogP contribution in [0.2, 0.25) is 0 Å². The maximum absolute atomic E-state index is 10.6. The fraction of sp³-hybridized carbons (Fsp3) is 0.125. The van der Waals surface area contributed by atoms with Gasteiger partial charge in [-0.1, -0.05) is 12.1 Å². The van der Waals surface area contributed by atoms with Crippen LogP contribution >= 0.6 is 0 Å². The van der Waals surface area contributed by atoms with Crippen molar-refractivity contribution in [1.82, 2.24) is 0 Å². The van der Waals surface area contributed by atoms with E-state index in [0.717, 1.165) is 0 Å². The highest BCUT2D eigenvalue weighted by molar-refractivity contribution is 6.59. The molecule has 1 aromatic rings. The summed E-state index contributed by atoms with van der Waals surface area (Å²) in [5, 5.41) is 26.5. The topological polar surface area (TPSA) is 77.8 Å². The summed E-state index contributed by atoms with van der Waals surface area (Å²) in [5.74, 6) is -1.07. The van der Waals surface area contributed by atoms with Gasteiger partial charge >= 0.3 is 13.1 Å². The molecule has 0 heterocycles. The number of carboxylic acids is 1. The average Bonchev–Trinajstić information content (AvgIpc) is 2.03. The summed E-state index contributed by atoms with van der Waals surface area (Å²) < 4.78 is 0. The Morgan fingerprint density at radius 2 is 2.00 bits per heavy atom. The molecule has 0 spiro atoms. The predicted molar refractivity (Wildman–Crippen MR) is 48.0 cm³/mol. The minimum atomic E-state index is -1.63. The SMILES string of the molecule is Cc1c(B(O)O)cccc1C(=O)O. The normalized spacial score (nSPS) is 9.77. The molecule has 0 bridgehead atoms. The van der Waals surface area contributed by atoms with E-state index in [-0.39, 0.29) is 11.0 Å². The first-order valence-corrected chi connectivity index (χ1v) is 3.73. The van der Waals surface area contributed by atoms with Crippen LogP contribution in [0.1, 0.15) is 15.9 Å². The highest BCUT2D eigenvalue weighted by Crippen LogP contribution is 2.04. The van der Waals surface area contributed by atoms with Crippen LogP contribution in [0.5, 0.6) is 0 Å². The summed E-state index contributed by atoms with van der Waals surface area (Å²) in [7, 11) is -1.63. The Hall–Kier alpha value is -1.33. The minimum Gasteiger partial charge on any atom is -0.478 e. The van der Waals surface area contributed by atoms with Gasteiger partial charge in [0.25, 0.3) is 0 Å². The highest BCUT2D eigenvalue weighted by Gasteiger charge is 2.17. The molecule has 1 aromatic carbocycles. The van der Waals surface area contributed by atoms with Gasteiger partial charge in [0.15, 0.2) is 0 Å². The molecule has 0 aliphatic carbocycles. The molecule has 3 N–H and O–H groups in total. The van der Waals surface area contributed by atoms with Crippen molar-refractivity contribution < 1.29 is 19.9 Å². The van der Waals surface area contributed by atoms with E-state index < -0.39 is 13.1 Å². The molecular weight excluding hydrogens is 171 g/mol. The number of hydrogen-bond acceptors (Lipinski definition) is 3. The van der Waals surface area contributed by atoms with Gasteiger partial charge in [0.2, 0.25) is 0 Å². The second kappa shape index (κ2) is 3.59. The van der Waals surface area contributed by atoms with E-state index in [1.54, 1.807) is 0 Å². The van der Waals surface area contributed by atoms with Crippen LogP contribution in [0.15, 0.2) is 18.2 Å². The van der Waals surface area contributed by atoms with Gasteiger partial charge in [0, 0.05) is 0 Å². The Balaban J connectivity index is 3.26. The molecule has 5 heteroatoms. The third kappa shape index (κ3) is 1.88. The molecular formula is C8H9BO4. The molecule has 0 fully saturated rings. The van der Waals surface area contributed by atoms with Crippen molar-refractivity contribution in [2.45, 2.75) is 6.92 Å². The van der Waals surface area contributed by atoms with Crippen molar-refractivity contribution in [3.8, 4) is 0 Å². The van der Waals surface area contributed by atoms with E-state index in [1.807, 2.05) is 0 Å². The summed E-state index contributed by atoms with van der Waals surface area (Å²) in [4.78, 5) is 10.6. The van der Waals surface area contributed by atoms with Gasteiger partial charge in [-0.3, -0.25) is 0 Å². The van der Waals surface area contributed by atoms with Crippen molar-refractivity contribution in [1.29, 1.82) is 0 Å². The maximum Gasteiger partial charge on any atom is 0.488 e. The summed E-state index contributed by atoms with van der Waals surface area (Å²) in [6.07, 6.45) is 0. The van der Waals surface area contributed by atoms with Crippen LogP contribution in [0.25, 0.3) is 0 Å². The molecule has 0 unspecified atom stereocenters. The molecule has 68 valence electrons. The van der Waals surface area contributed by atoms with E-state index in [9.17, 15) is 4.79 Å². The molecule has 0 aromatic heterocycles. The first-order valence-electron chi connectivity index (χ1n) is 3.73. The Morgan fingerprint density at radius 3 is 2.46 bits per heavy atom. The third-order valence-corrected chi connectivity index (χ3v) is 1.88. The molecule has 13 heavy (non-hydrogen) atoms. The minimum absolute atomic E-state index is 0.0885. The maximum atomic E-state index is 10.6. The number of rotatable bonds is 2. The van der Waals surface area contributed by atoms with E-state index in [2.05, 4.69) is 0 Å². The lowest BCUT2D eigenvalue weighted by atomic mass is 9.76. The standard InChI is InChI=1S/C8H9BO4/c1-5-6(8(10)11)3-2-4-7(5)9(12)13/h2-4,12-13H,1H3,(H,10,11). The number of hydrogen-bond donors (Lipinski definition) is 3. The molecule has 0 saturated carbocycles. The Labute approximate surface area is 75.6 Å². The van der Waals surface area contributed by atoms with Crippen molar-refractivity contribution in [3.05, 3.63) is 29.3 Å². The summed E-state index contributed by atoms with van der Waals surface area (Å²) in [6.45, 7) is 1.54. The van der Waals surface area contributed by atoms with E-state index in [4.69, 9.17) is 15.2 Å². The van der Waals surface area contributed by atoms with Crippen LogP contribution < -0.4 is 5.46 Å². The largest absolute Gasteiger partial charge is 0.488 e. The quantitative estimate of drug-likeness (QED) is 0.529. The average molecular weight is 180 g/mol. The predicted octanol–water partition coefficient (Wildman–Crippen LogP) is -0.627. The molecule has 0 radical (unpaired) electrons. The zero-order valence-electron chi connectivity index (χ0n) is 7.06. The summed E-state index contributed by atoms with van der Waals surface area (Å²) >= 11 is 0. The summed E-state index contributed by atoms with van der Waals surface area (Å²) in [5.41, 5.74) is 0.690. The lowest BCUT2D eigenvalue weighted by molar-refractivity contribution is 0.0696. The van der Waals surface area contributed by atoms with E-state index in [0.29, 0.717) is 5.56 Å². The Bertz CT molecular complexity index is 335. The van der Waals surface area contributed by atoms with Crippen LogP contribution in [-0.2, 0) is 0 Å². The highest BCUT2D eigenvalue weighted by atomic mass is 16.4. The Kier molecular flexibility index (Phi) is 2.70. The van der Waals surface area contributed by atoms with Crippen LogP contribution in [-0.4, -0.2) is 28.2 Å². The number of benzene rings is 1. The van der Waals surface area contributed by atoms with Gasteiger partial charge in [-0.15, -0.1) is 0 Å². The van der Waals surface area contributed by atoms with Gasteiger partial charge in [-0.2, -0.15) is 0 Å². The lowest BCUT2D eigenvalue weighted by Crippen LogP contribution is -2.33. The number of aromatic carboxylic acids is 1. The Morgan fingerprint density at radius 1 is 1.38 bits per heavy atom. The van der Waals surface area contributed by atoms with Gasteiger partial charge in [0.05, 0.1) is 5.56 Å². The molecule has 1 rings (SSSR count). The monoisotopic (exact) mass is 180 g/mol. The number of carbonyl (C=O) groups is 1. The zero-order chi connectivity index (χ0) is 10.0. The van der Waals surface area contributed by atoms with Crippen LogP contribution in [0.4, 0.5) is 0 Å². The lowest BCUT2D eigenvalue weighted by Gasteiger charge is -2.06. The first kappa shape index (κ1) is 9.76. The number of carboxylic acid groups (broad SMARTS) is 1. The fourth-order valence-electron chi connectivity index (χ4n) is 1.16. The second-order valence-electron chi connectivity index (χ2n) is 2.70. The zero-order valence-corrected chi connectivity index (χ0v) is 7.06. The molecule has 0 aliphatic rings. The third-order valence-electron chi connectivity index (χ3n) is 1.88. The van der Waals surface area contributed by atoms with Crippen LogP contribution in [0.3, 0.4) is 0 Å². The van der Waals surface area contributed by atoms with Gasteiger partial charge in [0.1, 0.15) is 0 Å². The van der Waals surface area contributed by atoms with E-state index in [1.165, 1.54) is 25.1 Å². The molecule has 0 atom stereocenters. The van der Waals surface area contributed by atoms with Crippen molar-refractivity contribution in [2.75, 3.05) is 0 Å². The van der Waals surface area contributed by atoms with Crippen molar-refractivity contribution >= 4 is 18.6 Å². The van der Waals surface area contributed by atoms with Gasteiger partial charge in [-0.05, 0) is 24.0 Å². The molecule has 0 amide bonds. The molecule has 0 saturated heterocycles. The smallest absolute Gasteiger partial charge is 0.478 e. The second-order valence-corrected chi connectivity index (χ2v) is 2.70.